The predicted molar refractivity (Wildman–Crippen MR) is 136 cm³/mol. The minimum atomic E-state index is -0.162. The van der Waals surface area contributed by atoms with Gasteiger partial charge in [-0.25, -0.2) is 9.10 Å². The third-order valence-corrected chi connectivity index (χ3v) is 6.65. The van der Waals surface area contributed by atoms with Crippen LogP contribution in [0, 0.1) is 36.5 Å². The molecule has 8 heteroatoms. The van der Waals surface area contributed by atoms with Crippen molar-refractivity contribution in [1.29, 1.82) is 10.5 Å². The molecule has 0 atom stereocenters. The highest BCUT2D eigenvalue weighted by molar-refractivity contribution is 7.97. The zero-order valence-corrected chi connectivity index (χ0v) is 20.4. The first-order valence-corrected chi connectivity index (χ1v) is 12.0. The van der Waals surface area contributed by atoms with Gasteiger partial charge in [-0.15, -0.1) is 0 Å². The minimum Gasteiger partial charge on any atom is -0.456 e. The third kappa shape index (κ3) is 6.33. The predicted octanol–water partition coefficient (Wildman–Crippen LogP) is 5.70. The number of urea groups is 1. The van der Waals surface area contributed by atoms with Gasteiger partial charge in [0.1, 0.15) is 11.5 Å². The molecule has 176 valence electrons. The average Bonchev–Trinajstić information content (AvgIpc) is 2.85. The van der Waals surface area contributed by atoms with E-state index < -0.39 is 0 Å². The zero-order valence-electron chi connectivity index (χ0n) is 19.6. The Morgan fingerprint density at radius 1 is 0.886 bits per heavy atom. The number of piperazine rings is 1. The van der Waals surface area contributed by atoms with Crippen LogP contribution >= 0.6 is 11.9 Å². The molecule has 2 amide bonds. The van der Waals surface area contributed by atoms with Crippen LogP contribution in [0.5, 0.6) is 11.5 Å². The number of carbonyl (C=O) groups is 1. The highest BCUT2D eigenvalue weighted by Crippen LogP contribution is 2.36. The third-order valence-electron chi connectivity index (χ3n) is 5.51. The second kappa shape index (κ2) is 11.0. The van der Waals surface area contributed by atoms with Gasteiger partial charge >= 0.3 is 6.03 Å². The van der Waals surface area contributed by atoms with Crippen molar-refractivity contribution in [1.82, 2.24) is 9.21 Å². The number of hydrogen-bond donors (Lipinski definition) is 1. The van der Waals surface area contributed by atoms with Gasteiger partial charge in [-0.1, -0.05) is 6.07 Å². The fraction of sp³-hybridized carbons (Fsp3) is 0.222. The molecule has 1 saturated heterocycles. The van der Waals surface area contributed by atoms with Gasteiger partial charge in [0.15, 0.2) is 0 Å². The molecule has 0 radical (unpaired) electrons. The molecule has 1 fully saturated rings. The molecular weight excluding hydrogens is 458 g/mol. The van der Waals surface area contributed by atoms with Gasteiger partial charge < -0.3 is 15.0 Å². The highest BCUT2D eigenvalue weighted by Gasteiger charge is 2.23. The van der Waals surface area contributed by atoms with Crippen molar-refractivity contribution in [2.75, 3.05) is 31.5 Å². The maximum Gasteiger partial charge on any atom is 0.321 e. The summed E-state index contributed by atoms with van der Waals surface area (Å²) < 4.78 is 8.38. The molecule has 7 nitrogen and oxygen atoms in total. The number of anilines is 1. The first kappa shape index (κ1) is 24.2. The summed E-state index contributed by atoms with van der Waals surface area (Å²) in [7, 11) is 0. The summed E-state index contributed by atoms with van der Waals surface area (Å²) in [6.45, 7) is 6.55. The molecular formula is C27H25N5O2S. The smallest absolute Gasteiger partial charge is 0.321 e. The van der Waals surface area contributed by atoms with Crippen molar-refractivity contribution in [3.63, 3.8) is 0 Å². The normalized spacial score (nSPS) is 13.5. The van der Waals surface area contributed by atoms with Gasteiger partial charge in [-0.2, -0.15) is 10.5 Å². The summed E-state index contributed by atoms with van der Waals surface area (Å²) in [5.41, 5.74) is 4.03. The van der Waals surface area contributed by atoms with Crippen molar-refractivity contribution in [3.8, 4) is 23.6 Å². The van der Waals surface area contributed by atoms with E-state index in [4.69, 9.17) is 10.00 Å². The van der Waals surface area contributed by atoms with E-state index in [1.165, 1.54) is 11.9 Å². The van der Waals surface area contributed by atoms with Crippen molar-refractivity contribution in [2.24, 2.45) is 0 Å². The lowest BCUT2D eigenvalue weighted by Crippen LogP contribution is -2.47. The molecule has 0 saturated carbocycles. The van der Waals surface area contributed by atoms with E-state index >= 15 is 0 Å². The molecule has 1 heterocycles. The first-order chi connectivity index (χ1) is 16.9. The number of rotatable bonds is 5. The van der Waals surface area contributed by atoms with Crippen LogP contribution in [0.4, 0.5) is 10.5 Å². The quantitative estimate of drug-likeness (QED) is 0.468. The molecule has 1 aliphatic rings. The van der Waals surface area contributed by atoms with Crippen LogP contribution in [0.2, 0.25) is 0 Å². The number of ether oxygens (including phenoxy) is 1. The van der Waals surface area contributed by atoms with Crippen molar-refractivity contribution in [2.45, 2.75) is 18.7 Å². The Balaban J connectivity index is 1.39. The molecule has 35 heavy (non-hydrogen) atoms. The Morgan fingerprint density at radius 3 is 2.14 bits per heavy atom. The average molecular weight is 484 g/mol. The Kier molecular flexibility index (Phi) is 7.57. The van der Waals surface area contributed by atoms with Crippen LogP contribution in [-0.2, 0) is 0 Å². The van der Waals surface area contributed by atoms with Gasteiger partial charge in [-0.3, -0.25) is 0 Å². The van der Waals surface area contributed by atoms with Crippen LogP contribution in [0.25, 0.3) is 0 Å². The summed E-state index contributed by atoms with van der Waals surface area (Å²) >= 11 is 1.54. The number of carbonyl (C=O) groups excluding carboxylic acids is 1. The van der Waals surface area contributed by atoms with E-state index in [0.717, 1.165) is 21.8 Å². The lowest BCUT2D eigenvalue weighted by Gasteiger charge is -2.34. The van der Waals surface area contributed by atoms with E-state index in [0.29, 0.717) is 48.7 Å². The molecule has 4 rings (SSSR count). The van der Waals surface area contributed by atoms with Crippen LogP contribution in [0.15, 0.2) is 65.6 Å². The van der Waals surface area contributed by atoms with Crippen LogP contribution in [0.1, 0.15) is 22.3 Å². The summed E-state index contributed by atoms with van der Waals surface area (Å²) in [5.74, 6) is 1.46. The number of nitriles is 2. The van der Waals surface area contributed by atoms with Crippen LogP contribution in [-0.4, -0.2) is 41.4 Å². The van der Waals surface area contributed by atoms with Crippen molar-refractivity contribution < 1.29 is 9.53 Å². The monoisotopic (exact) mass is 483 g/mol. The molecule has 3 aromatic rings. The van der Waals surface area contributed by atoms with Gasteiger partial charge in [0.05, 0.1) is 28.2 Å². The molecule has 0 aliphatic carbocycles. The van der Waals surface area contributed by atoms with E-state index in [-0.39, 0.29) is 6.03 Å². The Morgan fingerprint density at radius 2 is 1.51 bits per heavy atom. The second-order valence-electron chi connectivity index (χ2n) is 8.33. The molecule has 0 bridgehead atoms. The fourth-order valence-corrected chi connectivity index (χ4v) is 4.81. The first-order valence-electron chi connectivity index (χ1n) is 11.2. The highest BCUT2D eigenvalue weighted by atomic mass is 32.2. The van der Waals surface area contributed by atoms with E-state index in [1.807, 2.05) is 38.1 Å². The number of benzene rings is 3. The summed E-state index contributed by atoms with van der Waals surface area (Å²) in [4.78, 5) is 15.3. The van der Waals surface area contributed by atoms with Gasteiger partial charge in [0, 0.05) is 31.9 Å². The molecule has 1 N–H and O–H groups in total. The van der Waals surface area contributed by atoms with Crippen molar-refractivity contribution >= 4 is 23.7 Å². The van der Waals surface area contributed by atoms with Crippen LogP contribution in [0.3, 0.4) is 0 Å². The van der Waals surface area contributed by atoms with E-state index in [9.17, 15) is 10.1 Å². The number of aryl methyl sites for hydroxylation is 2. The summed E-state index contributed by atoms with van der Waals surface area (Å²) in [6.07, 6.45) is 0. The standard InChI is InChI=1S/C27H25N5O2S/c1-19-13-20(2)15-24(14-19)34-25-8-5-22(18-29)16-26(25)35-32-11-9-31(10-12-32)27(33)30-23-6-3-21(17-28)4-7-23/h3-8,13-16H,9-12H2,1-2H3,(H,30,33). The molecule has 1 aliphatic heterocycles. The minimum absolute atomic E-state index is 0.162. The Hall–Kier alpha value is -3.98. The Bertz CT molecular complexity index is 1280. The second-order valence-corrected chi connectivity index (χ2v) is 9.46. The largest absolute Gasteiger partial charge is 0.456 e. The lowest BCUT2D eigenvalue weighted by atomic mass is 10.1. The Labute approximate surface area is 209 Å². The maximum atomic E-state index is 12.7. The number of nitrogens with zero attached hydrogens (tertiary/aromatic N) is 4. The van der Waals surface area contributed by atoms with Gasteiger partial charge in [0.25, 0.3) is 0 Å². The number of hydrogen-bond acceptors (Lipinski definition) is 6. The zero-order chi connectivity index (χ0) is 24.8. The maximum absolute atomic E-state index is 12.7. The van der Waals surface area contributed by atoms with E-state index in [2.05, 4.69) is 27.8 Å². The van der Waals surface area contributed by atoms with Gasteiger partial charge in [-0.05, 0) is 91.5 Å². The van der Waals surface area contributed by atoms with Crippen molar-refractivity contribution in [3.05, 3.63) is 82.9 Å². The molecule has 0 aromatic heterocycles. The SMILES string of the molecule is Cc1cc(C)cc(Oc2ccc(C#N)cc2SN2CCN(C(=O)Nc3ccc(C#N)cc3)CC2)c1. The summed E-state index contributed by atoms with van der Waals surface area (Å²) in [6, 6.07) is 22.4. The number of amides is 2. The fourth-order valence-electron chi connectivity index (χ4n) is 3.80. The topological polar surface area (TPSA) is 92.4 Å². The molecule has 0 unspecified atom stereocenters. The number of nitrogens with one attached hydrogen (secondary N) is 1. The van der Waals surface area contributed by atoms with Gasteiger partial charge in [0.2, 0.25) is 0 Å². The lowest BCUT2D eigenvalue weighted by molar-refractivity contribution is 0.188. The molecule has 0 spiro atoms. The van der Waals surface area contributed by atoms with Crippen LogP contribution < -0.4 is 10.1 Å². The summed E-state index contributed by atoms with van der Waals surface area (Å²) in [5, 5.41) is 21.2. The molecule has 3 aromatic carbocycles. The van der Waals surface area contributed by atoms with E-state index in [1.54, 1.807) is 35.2 Å².